The molecule has 0 N–H and O–H groups in total. The molecule has 0 aliphatic heterocycles. The SMILES string of the molecule is CCCCCCCCC(CC)(C(=O)[O-])C(=O)[O-]. The molecular formula is C13H22O4-2. The van der Waals surface area contributed by atoms with Crippen molar-refractivity contribution in [2.45, 2.75) is 65.2 Å². The second kappa shape index (κ2) is 8.09. The van der Waals surface area contributed by atoms with Gasteiger partial charge in [-0.25, -0.2) is 0 Å². The minimum atomic E-state index is -1.80. The molecule has 100 valence electrons. The molecule has 0 heterocycles. The van der Waals surface area contributed by atoms with Gasteiger partial charge in [0.05, 0.1) is 11.9 Å². The van der Waals surface area contributed by atoms with Crippen LogP contribution in [-0.2, 0) is 9.59 Å². The molecule has 0 saturated heterocycles. The molecule has 0 aromatic rings. The molecule has 17 heavy (non-hydrogen) atoms. The summed E-state index contributed by atoms with van der Waals surface area (Å²) in [6.45, 7) is 3.66. The van der Waals surface area contributed by atoms with E-state index in [-0.39, 0.29) is 12.8 Å². The molecule has 0 aromatic heterocycles. The van der Waals surface area contributed by atoms with Crippen molar-refractivity contribution in [1.82, 2.24) is 0 Å². The third-order valence-electron chi connectivity index (χ3n) is 3.34. The van der Waals surface area contributed by atoms with E-state index in [1.54, 1.807) is 6.92 Å². The van der Waals surface area contributed by atoms with Crippen molar-refractivity contribution in [1.29, 1.82) is 0 Å². The summed E-state index contributed by atoms with van der Waals surface area (Å²) in [6.07, 6.45) is 6.05. The lowest BCUT2D eigenvalue weighted by Gasteiger charge is -2.34. The van der Waals surface area contributed by atoms with Gasteiger partial charge in [-0.3, -0.25) is 0 Å². The van der Waals surface area contributed by atoms with Crippen LogP contribution in [0, 0.1) is 5.41 Å². The van der Waals surface area contributed by atoms with E-state index in [4.69, 9.17) is 0 Å². The van der Waals surface area contributed by atoms with Crippen LogP contribution in [-0.4, -0.2) is 11.9 Å². The van der Waals surface area contributed by atoms with E-state index in [0.717, 1.165) is 25.7 Å². The first-order valence-corrected chi connectivity index (χ1v) is 6.44. The third kappa shape index (κ3) is 4.75. The largest absolute Gasteiger partial charge is 0.549 e. The summed E-state index contributed by atoms with van der Waals surface area (Å²) in [5.74, 6) is -3.04. The van der Waals surface area contributed by atoms with E-state index in [1.807, 2.05) is 0 Å². The van der Waals surface area contributed by atoms with Gasteiger partial charge in [-0.1, -0.05) is 52.4 Å². The maximum Gasteiger partial charge on any atom is 0.0532 e. The van der Waals surface area contributed by atoms with Gasteiger partial charge in [-0.15, -0.1) is 0 Å². The van der Waals surface area contributed by atoms with Crippen LogP contribution in [0.5, 0.6) is 0 Å². The quantitative estimate of drug-likeness (QED) is 0.416. The molecule has 0 aliphatic carbocycles. The lowest BCUT2D eigenvalue weighted by molar-refractivity contribution is -0.344. The Morgan fingerprint density at radius 1 is 0.882 bits per heavy atom. The van der Waals surface area contributed by atoms with Crippen LogP contribution in [0.3, 0.4) is 0 Å². The molecule has 0 aliphatic rings. The van der Waals surface area contributed by atoms with E-state index >= 15 is 0 Å². The Labute approximate surface area is 103 Å². The summed E-state index contributed by atoms with van der Waals surface area (Å²) < 4.78 is 0. The summed E-state index contributed by atoms with van der Waals surface area (Å²) in [5, 5.41) is 21.9. The zero-order chi connectivity index (χ0) is 13.3. The summed E-state index contributed by atoms with van der Waals surface area (Å²) in [7, 11) is 0. The van der Waals surface area contributed by atoms with Crippen molar-refractivity contribution < 1.29 is 19.8 Å². The smallest absolute Gasteiger partial charge is 0.0532 e. The van der Waals surface area contributed by atoms with E-state index in [0.29, 0.717) is 6.42 Å². The summed E-state index contributed by atoms with van der Waals surface area (Å²) in [5.41, 5.74) is -1.80. The van der Waals surface area contributed by atoms with Crippen LogP contribution in [0.15, 0.2) is 0 Å². The monoisotopic (exact) mass is 242 g/mol. The van der Waals surface area contributed by atoms with Gasteiger partial charge in [0, 0.05) is 5.41 Å². The fourth-order valence-electron chi connectivity index (χ4n) is 1.96. The van der Waals surface area contributed by atoms with Gasteiger partial charge >= 0.3 is 0 Å². The second-order valence-corrected chi connectivity index (χ2v) is 4.53. The predicted molar refractivity (Wildman–Crippen MR) is 60.7 cm³/mol. The van der Waals surface area contributed by atoms with Crippen LogP contribution in [0.25, 0.3) is 0 Å². The molecule has 0 spiro atoms. The summed E-state index contributed by atoms with van der Waals surface area (Å²) in [6, 6.07) is 0. The minimum Gasteiger partial charge on any atom is -0.549 e. The second-order valence-electron chi connectivity index (χ2n) is 4.53. The number of hydrogen-bond donors (Lipinski definition) is 0. The van der Waals surface area contributed by atoms with Gasteiger partial charge < -0.3 is 19.8 Å². The average molecular weight is 242 g/mol. The lowest BCUT2D eigenvalue weighted by Crippen LogP contribution is -2.53. The maximum atomic E-state index is 10.9. The van der Waals surface area contributed by atoms with E-state index in [1.165, 1.54) is 6.42 Å². The van der Waals surface area contributed by atoms with Crippen LogP contribution in [0.1, 0.15) is 65.2 Å². The van der Waals surface area contributed by atoms with Crippen molar-refractivity contribution >= 4 is 11.9 Å². The molecule has 0 rings (SSSR count). The average Bonchev–Trinajstić information content (AvgIpc) is 2.27. The fourth-order valence-corrected chi connectivity index (χ4v) is 1.96. The van der Waals surface area contributed by atoms with Crippen molar-refractivity contribution in [2.24, 2.45) is 5.41 Å². The van der Waals surface area contributed by atoms with Crippen molar-refractivity contribution in [3.8, 4) is 0 Å². The Kier molecular flexibility index (Phi) is 7.59. The molecule has 0 radical (unpaired) electrons. The lowest BCUT2D eigenvalue weighted by atomic mass is 9.80. The maximum absolute atomic E-state index is 10.9. The Morgan fingerprint density at radius 2 is 1.35 bits per heavy atom. The first kappa shape index (κ1) is 15.9. The number of hydrogen-bond acceptors (Lipinski definition) is 4. The zero-order valence-electron chi connectivity index (χ0n) is 10.8. The third-order valence-corrected chi connectivity index (χ3v) is 3.34. The van der Waals surface area contributed by atoms with E-state index in [2.05, 4.69) is 6.92 Å². The van der Waals surface area contributed by atoms with Gasteiger partial charge in [-0.2, -0.15) is 0 Å². The van der Waals surface area contributed by atoms with Gasteiger partial charge in [0.25, 0.3) is 0 Å². The molecule has 4 nitrogen and oxygen atoms in total. The Bertz CT molecular complexity index is 234. The van der Waals surface area contributed by atoms with Crippen LogP contribution < -0.4 is 10.2 Å². The highest BCUT2D eigenvalue weighted by molar-refractivity contribution is 5.96. The standard InChI is InChI=1S/C13H24O4/c1-3-5-6-7-8-9-10-13(4-2,11(14)15)12(16)17/h3-10H2,1-2H3,(H,14,15)(H,16,17)/p-2. The molecule has 0 amide bonds. The number of unbranched alkanes of at least 4 members (excludes halogenated alkanes) is 5. The Hall–Kier alpha value is -1.06. The Balaban J connectivity index is 4.10. The molecule has 0 saturated carbocycles. The molecule has 0 fully saturated rings. The number of carboxylic acids is 2. The normalized spacial score (nSPS) is 11.4. The molecule has 0 unspecified atom stereocenters. The van der Waals surface area contributed by atoms with Crippen LogP contribution in [0.4, 0.5) is 0 Å². The predicted octanol–water partition coefficient (Wildman–Crippen LogP) is 0.633. The van der Waals surface area contributed by atoms with E-state index in [9.17, 15) is 19.8 Å². The number of rotatable bonds is 10. The highest BCUT2D eigenvalue weighted by atomic mass is 16.4. The number of carboxylic acid groups (broad SMARTS) is 2. The molecule has 4 heteroatoms. The zero-order valence-corrected chi connectivity index (χ0v) is 10.8. The van der Waals surface area contributed by atoms with Crippen molar-refractivity contribution in [3.63, 3.8) is 0 Å². The van der Waals surface area contributed by atoms with Crippen LogP contribution in [0.2, 0.25) is 0 Å². The first-order chi connectivity index (χ1) is 8.01. The summed E-state index contributed by atoms with van der Waals surface area (Å²) in [4.78, 5) is 21.9. The number of carbonyl (C=O) groups excluding carboxylic acids is 2. The van der Waals surface area contributed by atoms with Gasteiger partial charge in [0.2, 0.25) is 0 Å². The van der Waals surface area contributed by atoms with Gasteiger partial charge in [0.1, 0.15) is 0 Å². The van der Waals surface area contributed by atoms with E-state index < -0.39 is 17.4 Å². The molecule has 0 bridgehead atoms. The number of carbonyl (C=O) groups is 2. The van der Waals surface area contributed by atoms with Crippen LogP contribution >= 0.6 is 0 Å². The fraction of sp³-hybridized carbons (Fsp3) is 0.846. The molecule has 0 atom stereocenters. The van der Waals surface area contributed by atoms with Gasteiger partial charge in [-0.05, 0) is 12.8 Å². The minimum absolute atomic E-state index is 0.0205. The summed E-state index contributed by atoms with van der Waals surface area (Å²) >= 11 is 0. The number of aliphatic carboxylic acids is 2. The Morgan fingerprint density at radius 3 is 1.76 bits per heavy atom. The van der Waals surface area contributed by atoms with Crippen molar-refractivity contribution in [2.75, 3.05) is 0 Å². The topological polar surface area (TPSA) is 80.3 Å². The van der Waals surface area contributed by atoms with Crippen molar-refractivity contribution in [3.05, 3.63) is 0 Å². The molecular weight excluding hydrogens is 220 g/mol. The highest BCUT2D eigenvalue weighted by Gasteiger charge is 2.30. The van der Waals surface area contributed by atoms with Gasteiger partial charge in [0.15, 0.2) is 0 Å². The molecule has 0 aromatic carbocycles. The first-order valence-electron chi connectivity index (χ1n) is 6.44. The highest BCUT2D eigenvalue weighted by Crippen LogP contribution is 2.28.